The van der Waals surface area contributed by atoms with Crippen LogP contribution in [0.5, 0.6) is 0 Å². The first-order valence-corrected chi connectivity index (χ1v) is 12.7. The predicted molar refractivity (Wildman–Crippen MR) is 136 cm³/mol. The number of benzene rings is 3. The third-order valence-electron chi connectivity index (χ3n) is 4.96. The van der Waals surface area contributed by atoms with Crippen LogP contribution >= 0.6 is 23.5 Å². The molecule has 0 aromatic heterocycles. The number of rotatable bonds is 9. The Bertz CT molecular complexity index is 1050. The van der Waals surface area contributed by atoms with Crippen LogP contribution in [0.25, 0.3) is 0 Å². The van der Waals surface area contributed by atoms with Crippen molar-refractivity contribution in [1.82, 2.24) is 5.32 Å². The third-order valence-corrected chi connectivity index (χ3v) is 6.77. The van der Waals surface area contributed by atoms with Gasteiger partial charge in [-0.1, -0.05) is 42.1 Å². The first-order valence-electron chi connectivity index (χ1n) is 10.5. The molecule has 4 nitrogen and oxygen atoms in total. The fourth-order valence-electron chi connectivity index (χ4n) is 3.12. The summed E-state index contributed by atoms with van der Waals surface area (Å²) < 4.78 is 0. The van der Waals surface area contributed by atoms with Crippen LogP contribution < -0.4 is 10.6 Å². The van der Waals surface area contributed by atoms with Gasteiger partial charge in [-0.2, -0.15) is 11.8 Å². The quantitative estimate of drug-likeness (QED) is 0.411. The van der Waals surface area contributed by atoms with Crippen molar-refractivity contribution < 1.29 is 9.59 Å². The lowest BCUT2D eigenvalue weighted by molar-refractivity contribution is -0.118. The van der Waals surface area contributed by atoms with E-state index < -0.39 is 6.04 Å². The predicted octanol–water partition coefficient (Wildman–Crippen LogP) is 5.94. The van der Waals surface area contributed by atoms with Gasteiger partial charge in [0.2, 0.25) is 5.91 Å². The number of aryl methyl sites for hydroxylation is 2. The molecule has 0 aliphatic carbocycles. The minimum absolute atomic E-state index is 0.210. The van der Waals surface area contributed by atoms with E-state index in [1.54, 1.807) is 35.7 Å². The van der Waals surface area contributed by atoms with Crippen LogP contribution in [0.2, 0.25) is 0 Å². The van der Waals surface area contributed by atoms with E-state index in [9.17, 15) is 9.59 Å². The lowest BCUT2D eigenvalue weighted by Gasteiger charge is -2.18. The molecular formula is C26H28N2O2S2. The zero-order chi connectivity index (χ0) is 22.9. The molecule has 0 aliphatic heterocycles. The first kappa shape index (κ1) is 24.0. The number of hydrogen-bond acceptors (Lipinski definition) is 4. The molecule has 0 radical (unpaired) electrons. The first-order chi connectivity index (χ1) is 15.5. The average Bonchev–Trinajstić information content (AvgIpc) is 2.80. The summed E-state index contributed by atoms with van der Waals surface area (Å²) in [7, 11) is 0. The van der Waals surface area contributed by atoms with Gasteiger partial charge in [-0.15, -0.1) is 0 Å². The molecule has 0 fully saturated rings. The smallest absolute Gasteiger partial charge is 0.251 e. The minimum atomic E-state index is -0.598. The van der Waals surface area contributed by atoms with E-state index in [-0.39, 0.29) is 11.8 Å². The van der Waals surface area contributed by atoms with Gasteiger partial charge in [0.05, 0.1) is 0 Å². The van der Waals surface area contributed by atoms with E-state index in [1.165, 1.54) is 16.0 Å². The summed E-state index contributed by atoms with van der Waals surface area (Å²) in [5.41, 5.74) is 3.73. The molecule has 2 N–H and O–H groups in total. The Labute approximate surface area is 198 Å². The molecule has 0 aliphatic rings. The van der Waals surface area contributed by atoms with Gasteiger partial charge in [0, 0.05) is 21.0 Å². The molecule has 0 saturated heterocycles. The maximum absolute atomic E-state index is 12.9. The van der Waals surface area contributed by atoms with Crippen molar-refractivity contribution >= 4 is 41.0 Å². The second-order valence-electron chi connectivity index (χ2n) is 7.56. The average molecular weight is 465 g/mol. The summed E-state index contributed by atoms with van der Waals surface area (Å²) in [6.45, 7) is 4.20. The lowest BCUT2D eigenvalue weighted by Crippen LogP contribution is -2.44. The highest BCUT2D eigenvalue weighted by Crippen LogP contribution is 2.31. The molecule has 0 spiro atoms. The van der Waals surface area contributed by atoms with E-state index in [1.807, 2.05) is 48.7 Å². The number of nitrogens with one attached hydrogen (secondary N) is 2. The van der Waals surface area contributed by atoms with Crippen molar-refractivity contribution in [2.45, 2.75) is 36.1 Å². The Kier molecular flexibility index (Phi) is 8.82. The maximum Gasteiger partial charge on any atom is 0.251 e. The van der Waals surface area contributed by atoms with Gasteiger partial charge in [-0.3, -0.25) is 9.59 Å². The highest BCUT2D eigenvalue weighted by molar-refractivity contribution is 7.99. The van der Waals surface area contributed by atoms with Crippen molar-refractivity contribution in [2.75, 3.05) is 17.3 Å². The topological polar surface area (TPSA) is 58.2 Å². The molecule has 0 heterocycles. The summed E-state index contributed by atoms with van der Waals surface area (Å²) in [6, 6.07) is 22.6. The Morgan fingerprint density at radius 1 is 0.938 bits per heavy atom. The number of carbonyl (C=O) groups excluding carboxylic acids is 2. The number of hydrogen-bond donors (Lipinski definition) is 2. The Balaban J connectivity index is 1.64. The van der Waals surface area contributed by atoms with Gasteiger partial charge >= 0.3 is 0 Å². The monoisotopic (exact) mass is 464 g/mol. The molecule has 166 valence electrons. The van der Waals surface area contributed by atoms with Crippen molar-refractivity contribution in [3.8, 4) is 0 Å². The molecule has 1 atom stereocenters. The zero-order valence-corrected chi connectivity index (χ0v) is 20.2. The largest absolute Gasteiger partial charge is 0.340 e. The second-order valence-corrected chi connectivity index (χ2v) is 9.66. The normalized spacial score (nSPS) is 11.6. The number of carbonyl (C=O) groups is 2. The van der Waals surface area contributed by atoms with E-state index >= 15 is 0 Å². The van der Waals surface area contributed by atoms with Crippen molar-refractivity contribution in [3.05, 3.63) is 89.5 Å². The van der Waals surface area contributed by atoms with Gasteiger partial charge in [0.25, 0.3) is 5.91 Å². The molecule has 6 heteroatoms. The Morgan fingerprint density at radius 2 is 1.66 bits per heavy atom. The van der Waals surface area contributed by atoms with Crippen molar-refractivity contribution in [2.24, 2.45) is 0 Å². The molecule has 0 bridgehead atoms. The van der Waals surface area contributed by atoms with Crippen molar-refractivity contribution in [1.29, 1.82) is 0 Å². The highest BCUT2D eigenvalue weighted by Gasteiger charge is 2.21. The standard InChI is InChI=1S/C26H28N2O2S2/c1-18-9-10-19(2)24(17-18)32-22-13-11-21(12-14-22)27-26(30)23(15-16-31-3)28-25(29)20-7-5-4-6-8-20/h4-14,17,23H,15-16H2,1-3H3,(H,27,30)(H,28,29)/t23-/m1/s1. The van der Waals surface area contributed by atoms with Crippen LogP contribution in [-0.4, -0.2) is 29.9 Å². The van der Waals surface area contributed by atoms with Crippen LogP contribution in [-0.2, 0) is 4.79 Å². The van der Waals surface area contributed by atoms with Crippen LogP contribution in [0.4, 0.5) is 5.69 Å². The molecule has 0 unspecified atom stereocenters. The van der Waals surface area contributed by atoms with Gasteiger partial charge in [-0.05, 0) is 85.9 Å². The van der Waals surface area contributed by atoms with E-state index in [2.05, 4.69) is 42.7 Å². The van der Waals surface area contributed by atoms with Crippen LogP contribution in [0.15, 0.2) is 82.6 Å². The summed E-state index contributed by atoms with van der Waals surface area (Å²) in [4.78, 5) is 27.8. The SMILES string of the molecule is CSCC[C@@H](NC(=O)c1ccccc1)C(=O)Nc1ccc(Sc2cc(C)ccc2C)cc1. The molecule has 2 amide bonds. The van der Waals surface area contributed by atoms with Gasteiger partial charge in [-0.25, -0.2) is 0 Å². The van der Waals surface area contributed by atoms with Gasteiger partial charge < -0.3 is 10.6 Å². The molecule has 3 rings (SSSR count). The third kappa shape index (κ3) is 6.90. The van der Waals surface area contributed by atoms with Crippen molar-refractivity contribution in [3.63, 3.8) is 0 Å². The highest BCUT2D eigenvalue weighted by atomic mass is 32.2. The van der Waals surface area contributed by atoms with E-state index in [4.69, 9.17) is 0 Å². The van der Waals surface area contributed by atoms with E-state index in [0.717, 1.165) is 10.6 Å². The fourth-order valence-corrected chi connectivity index (χ4v) is 4.59. The fraction of sp³-hybridized carbons (Fsp3) is 0.231. The summed E-state index contributed by atoms with van der Waals surface area (Å²) in [5, 5.41) is 5.82. The Morgan fingerprint density at radius 3 is 2.34 bits per heavy atom. The molecule has 3 aromatic carbocycles. The number of amides is 2. The summed E-state index contributed by atoms with van der Waals surface area (Å²) >= 11 is 3.35. The van der Waals surface area contributed by atoms with E-state index in [0.29, 0.717) is 17.7 Å². The number of thioether (sulfide) groups is 1. The molecule has 3 aromatic rings. The maximum atomic E-state index is 12.9. The summed E-state index contributed by atoms with van der Waals surface area (Å²) in [6.07, 6.45) is 2.55. The van der Waals surface area contributed by atoms with Crippen LogP contribution in [0.3, 0.4) is 0 Å². The second kappa shape index (κ2) is 11.8. The molecular weight excluding hydrogens is 436 g/mol. The van der Waals surface area contributed by atoms with Gasteiger partial charge in [0.1, 0.15) is 6.04 Å². The lowest BCUT2D eigenvalue weighted by atomic mass is 10.1. The zero-order valence-electron chi connectivity index (χ0n) is 18.6. The molecule has 32 heavy (non-hydrogen) atoms. The molecule has 0 saturated carbocycles. The van der Waals surface area contributed by atoms with Crippen LogP contribution in [0.1, 0.15) is 27.9 Å². The van der Waals surface area contributed by atoms with Gasteiger partial charge in [0.15, 0.2) is 0 Å². The number of anilines is 1. The summed E-state index contributed by atoms with van der Waals surface area (Å²) in [5.74, 6) is 0.323. The Hall–Kier alpha value is -2.70. The van der Waals surface area contributed by atoms with Crippen LogP contribution in [0, 0.1) is 13.8 Å². The minimum Gasteiger partial charge on any atom is -0.340 e.